The summed E-state index contributed by atoms with van der Waals surface area (Å²) in [7, 11) is 0. The Hall–Kier alpha value is -3.37. The number of carbonyl (C=O) groups excluding carboxylic acids is 2. The molecule has 3 aliphatic carbocycles. The molecule has 0 radical (unpaired) electrons. The Bertz CT molecular complexity index is 1350. The van der Waals surface area contributed by atoms with Crippen molar-refractivity contribution in [3.05, 3.63) is 47.4 Å². The first-order valence-electron chi connectivity index (χ1n) is 14.1. The van der Waals surface area contributed by atoms with E-state index in [1.54, 1.807) is 10.6 Å². The molecule has 3 saturated carbocycles. The van der Waals surface area contributed by atoms with Crippen LogP contribution >= 0.6 is 0 Å². The lowest BCUT2D eigenvalue weighted by Gasteiger charge is -2.33. The van der Waals surface area contributed by atoms with Gasteiger partial charge in [-0.05, 0) is 62.8 Å². The summed E-state index contributed by atoms with van der Waals surface area (Å²) in [5.41, 5.74) is 2.37. The summed E-state index contributed by atoms with van der Waals surface area (Å²) in [6.07, 6.45) is 10.4. The summed E-state index contributed by atoms with van der Waals surface area (Å²) in [6.45, 7) is 1.97. The van der Waals surface area contributed by atoms with Crippen molar-refractivity contribution in [3.8, 4) is 0 Å². The molecule has 0 spiro atoms. The van der Waals surface area contributed by atoms with E-state index in [1.165, 1.54) is 6.26 Å². The third-order valence-electron chi connectivity index (χ3n) is 8.22. The molecule has 9 nitrogen and oxygen atoms in total. The van der Waals surface area contributed by atoms with Gasteiger partial charge < -0.3 is 15.2 Å². The molecule has 2 atom stereocenters. The van der Waals surface area contributed by atoms with Gasteiger partial charge in [-0.3, -0.25) is 14.0 Å². The van der Waals surface area contributed by atoms with E-state index in [2.05, 4.69) is 15.8 Å². The predicted octanol–water partition coefficient (Wildman–Crippen LogP) is 5.26. The summed E-state index contributed by atoms with van der Waals surface area (Å²) < 4.78 is 34.9. The maximum absolute atomic E-state index is 14.0. The molecular weight excluding hydrogens is 506 g/mol. The summed E-state index contributed by atoms with van der Waals surface area (Å²) in [4.78, 5) is 35.2. The smallest absolute Gasteiger partial charge is 0.257 e. The molecule has 0 unspecified atom stereocenters. The fraction of sp³-hybridized carbons (Fsp3) is 0.607. The second-order valence-corrected chi connectivity index (χ2v) is 11.4. The van der Waals surface area contributed by atoms with Crippen LogP contribution in [-0.2, 0) is 4.79 Å². The third-order valence-corrected chi connectivity index (χ3v) is 8.22. The third kappa shape index (κ3) is 5.67. The van der Waals surface area contributed by atoms with Crippen LogP contribution in [0.1, 0.15) is 117 Å². The van der Waals surface area contributed by atoms with Crippen molar-refractivity contribution in [2.75, 3.05) is 0 Å². The molecule has 39 heavy (non-hydrogen) atoms. The number of aromatic nitrogens is 4. The van der Waals surface area contributed by atoms with Crippen LogP contribution in [0, 0.1) is 11.8 Å². The number of amides is 2. The lowest BCUT2D eigenvalue weighted by atomic mass is 9.81. The Morgan fingerprint density at radius 2 is 1.74 bits per heavy atom. The second-order valence-electron chi connectivity index (χ2n) is 11.4. The highest BCUT2D eigenvalue weighted by Crippen LogP contribution is 2.43. The highest BCUT2D eigenvalue weighted by molar-refractivity contribution is 5.95. The first-order chi connectivity index (χ1) is 18.8. The van der Waals surface area contributed by atoms with E-state index in [1.807, 2.05) is 19.2 Å². The largest absolute Gasteiger partial charge is 0.364 e. The van der Waals surface area contributed by atoms with Crippen LogP contribution in [-0.4, -0.2) is 37.3 Å². The Morgan fingerprint density at radius 3 is 2.44 bits per heavy atom. The van der Waals surface area contributed by atoms with Gasteiger partial charge in [-0.25, -0.2) is 18.7 Å². The van der Waals surface area contributed by atoms with Crippen molar-refractivity contribution >= 4 is 17.6 Å². The minimum atomic E-state index is -2.69. The van der Waals surface area contributed by atoms with Crippen LogP contribution in [0.2, 0.25) is 0 Å². The van der Waals surface area contributed by atoms with Gasteiger partial charge in [0, 0.05) is 37.6 Å². The standard InChI is InChI=1S/C28H34F2N6O3/c1-2-3-22(37)33-24(17-6-7-17)20-10-13-36-14-21(32-27(36)31-20)25(18-8-11-28(29,30)12-9-18)34-26(38)19-15-39-35-23(19)16-4-5-16/h10,13-18,24-25H,2-9,11-12H2,1H3,(H,33,37)(H,34,38)/t24-,25+/m1/s1. The van der Waals surface area contributed by atoms with Gasteiger partial charge >= 0.3 is 0 Å². The van der Waals surface area contributed by atoms with Gasteiger partial charge in [-0.2, -0.15) is 0 Å². The predicted molar refractivity (Wildman–Crippen MR) is 137 cm³/mol. The number of fused-ring (bicyclic) bond motifs is 1. The van der Waals surface area contributed by atoms with Gasteiger partial charge in [0.25, 0.3) is 5.91 Å². The maximum Gasteiger partial charge on any atom is 0.257 e. The van der Waals surface area contributed by atoms with Crippen molar-refractivity contribution in [2.24, 2.45) is 11.8 Å². The Morgan fingerprint density at radius 1 is 1.05 bits per heavy atom. The van der Waals surface area contributed by atoms with E-state index in [0.717, 1.165) is 37.8 Å². The van der Waals surface area contributed by atoms with E-state index in [9.17, 15) is 18.4 Å². The van der Waals surface area contributed by atoms with Crippen molar-refractivity contribution in [2.45, 2.75) is 95.1 Å². The number of hydrogen-bond donors (Lipinski definition) is 2. The van der Waals surface area contributed by atoms with E-state index >= 15 is 0 Å². The van der Waals surface area contributed by atoms with Crippen LogP contribution in [0.25, 0.3) is 5.78 Å². The number of nitrogens with one attached hydrogen (secondary N) is 2. The minimum Gasteiger partial charge on any atom is -0.364 e. The Balaban J connectivity index is 1.28. The molecule has 0 aliphatic heterocycles. The SMILES string of the molecule is CCCC(=O)N[C@@H](c1ccn2cc([C@@H](NC(=O)c3conc3C3CC3)C3CCC(F)(F)CC3)nc2n1)C1CC1. The maximum atomic E-state index is 14.0. The normalized spacial score (nSPS) is 21.0. The molecule has 3 aliphatic rings. The number of halogens is 2. The van der Waals surface area contributed by atoms with E-state index in [0.29, 0.717) is 35.1 Å². The molecule has 3 aromatic rings. The molecule has 0 aromatic carbocycles. The van der Waals surface area contributed by atoms with Crippen LogP contribution < -0.4 is 10.6 Å². The molecule has 3 fully saturated rings. The summed E-state index contributed by atoms with van der Waals surface area (Å²) in [6, 6.07) is 1.16. The first-order valence-corrected chi connectivity index (χ1v) is 14.1. The Kier molecular flexibility index (Phi) is 6.84. The van der Waals surface area contributed by atoms with Crippen molar-refractivity contribution in [3.63, 3.8) is 0 Å². The zero-order valence-electron chi connectivity index (χ0n) is 22.0. The highest BCUT2D eigenvalue weighted by atomic mass is 19.3. The van der Waals surface area contributed by atoms with Crippen molar-refractivity contribution in [1.82, 2.24) is 30.2 Å². The fourth-order valence-corrected chi connectivity index (χ4v) is 5.68. The fourth-order valence-electron chi connectivity index (χ4n) is 5.68. The second kappa shape index (κ2) is 10.3. The molecule has 3 heterocycles. The summed E-state index contributed by atoms with van der Waals surface area (Å²) >= 11 is 0. The lowest BCUT2D eigenvalue weighted by molar-refractivity contribution is -0.122. The van der Waals surface area contributed by atoms with Gasteiger partial charge in [0.15, 0.2) is 0 Å². The van der Waals surface area contributed by atoms with Crippen LogP contribution in [0.5, 0.6) is 0 Å². The molecule has 2 amide bonds. The summed E-state index contributed by atoms with van der Waals surface area (Å²) in [5, 5.41) is 10.2. The van der Waals surface area contributed by atoms with E-state index < -0.39 is 12.0 Å². The average Bonchev–Trinajstić information content (AvgIpc) is 3.84. The van der Waals surface area contributed by atoms with E-state index in [4.69, 9.17) is 14.5 Å². The molecule has 0 saturated heterocycles. The number of hydrogen-bond acceptors (Lipinski definition) is 6. The van der Waals surface area contributed by atoms with Crippen molar-refractivity contribution in [1.29, 1.82) is 0 Å². The zero-order chi connectivity index (χ0) is 27.1. The number of imidazole rings is 1. The van der Waals surface area contributed by atoms with Crippen LogP contribution in [0.3, 0.4) is 0 Å². The van der Waals surface area contributed by atoms with Gasteiger partial charge in [0.1, 0.15) is 11.8 Å². The number of carbonyl (C=O) groups is 2. The number of rotatable bonds is 10. The van der Waals surface area contributed by atoms with Gasteiger partial charge in [-0.1, -0.05) is 12.1 Å². The molecule has 208 valence electrons. The average molecular weight is 541 g/mol. The Labute approximate surface area is 225 Å². The molecular formula is C28H34F2N6O3. The van der Waals surface area contributed by atoms with Crippen LogP contribution in [0.4, 0.5) is 8.78 Å². The highest BCUT2D eigenvalue weighted by Gasteiger charge is 2.40. The zero-order valence-corrected chi connectivity index (χ0v) is 22.0. The van der Waals surface area contributed by atoms with Gasteiger partial charge in [0.05, 0.1) is 29.2 Å². The van der Waals surface area contributed by atoms with Crippen molar-refractivity contribution < 1.29 is 22.9 Å². The van der Waals surface area contributed by atoms with Gasteiger partial charge in [0.2, 0.25) is 17.6 Å². The minimum absolute atomic E-state index is 0.0104. The molecule has 3 aromatic heterocycles. The number of nitrogens with zero attached hydrogens (tertiary/aromatic N) is 4. The topological polar surface area (TPSA) is 114 Å². The molecule has 2 N–H and O–H groups in total. The molecule has 0 bridgehead atoms. The lowest BCUT2D eigenvalue weighted by Crippen LogP contribution is -2.37. The van der Waals surface area contributed by atoms with Crippen LogP contribution in [0.15, 0.2) is 29.2 Å². The summed E-state index contributed by atoms with van der Waals surface area (Å²) in [5.74, 6) is -2.18. The monoisotopic (exact) mass is 540 g/mol. The quantitative estimate of drug-likeness (QED) is 0.363. The molecule has 6 rings (SSSR count). The molecule has 11 heteroatoms. The van der Waals surface area contributed by atoms with Gasteiger partial charge in [-0.15, -0.1) is 0 Å². The van der Waals surface area contributed by atoms with E-state index in [-0.39, 0.29) is 55.4 Å². The first kappa shape index (κ1) is 25.9. The number of alkyl halides is 2.